The molecule has 0 unspecified atom stereocenters. The number of amides is 1. The van der Waals surface area contributed by atoms with E-state index in [0.29, 0.717) is 11.3 Å². The topological polar surface area (TPSA) is 98.3 Å². The first-order chi connectivity index (χ1) is 13.5. The number of hydrogen-bond acceptors (Lipinski definition) is 7. The number of benzene rings is 2. The Labute approximate surface area is 167 Å². The van der Waals surface area contributed by atoms with Crippen LogP contribution in [0.15, 0.2) is 47.6 Å². The lowest BCUT2D eigenvalue weighted by molar-refractivity contribution is -0.142. The number of nitrogens with one attached hydrogen (secondary N) is 2. The van der Waals surface area contributed by atoms with Crippen molar-refractivity contribution in [3.8, 4) is 11.5 Å². The van der Waals surface area contributed by atoms with Gasteiger partial charge in [0.2, 0.25) is 0 Å². The zero-order chi connectivity index (χ0) is 20.4. The molecular weight excluding hydrogens is 386 g/mol. The van der Waals surface area contributed by atoms with Gasteiger partial charge in [-0.25, -0.2) is 10.2 Å². The number of hydrazone groups is 1. The predicted molar refractivity (Wildman–Crippen MR) is 106 cm³/mol. The van der Waals surface area contributed by atoms with Crippen LogP contribution in [0.3, 0.4) is 0 Å². The van der Waals surface area contributed by atoms with E-state index in [1.165, 1.54) is 20.4 Å². The summed E-state index contributed by atoms with van der Waals surface area (Å²) in [4.78, 5) is 23.0. The van der Waals surface area contributed by atoms with Crippen LogP contribution < -0.4 is 20.2 Å². The van der Waals surface area contributed by atoms with Gasteiger partial charge in [-0.1, -0.05) is 29.8 Å². The third kappa shape index (κ3) is 6.48. The van der Waals surface area contributed by atoms with Gasteiger partial charge in [0.1, 0.15) is 0 Å². The molecule has 9 heteroatoms. The number of anilines is 1. The van der Waals surface area contributed by atoms with Crippen molar-refractivity contribution in [1.82, 2.24) is 5.43 Å². The van der Waals surface area contributed by atoms with Crippen LogP contribution >= 0.6 is 11.6 Å². The number of para-hydroxylation sites is 1. The first-order valence-corrected chi connectivity index (χ1v) is 8.59. The highest BCUT2D eigenvalue weighted by molar-refractivity contribution is 6.32. The van der Waals surface area contributed by atoms with Crippen LogP contribution in [0.2, 0.25) is 5.02 Å². The van der Waals surface area contributed by atoms with Crippen LogP contribution in [0.5, 0.6) is 11.5 Å². The molecule has 148 valence electrons. The van der Waals surface area contributed by atoms with Crippen molar-refractivity contribution >= 4 is 35.4 Å². The molecule has 0 aliphatic rings. The fraction of sp³-hybridized carbons (Fsp3) is 0.211. The Balaban J connectivity index is 1.94. The van der Waals surface area contributed by atoms with Crippen molar-refractivity contribution in [2.24, 2.45) is 5.10 Å². The van der Waals surface area contributed by atoms with Crippen molar-refractivity contribution in [3.05, 3.63) is 53.1 Å². The Morgan fingerprint density at radius 1 is 1.18 bits per heavy atom. The van der Waals surface area contributed by atoms with Gasteiger partial charge in [0.25, 0.3) is 5.91 Å². The predicted octanol–water partition coefficient (Wildman–Crippen LogP) is 2.46. The summed E-state index contributed by atoms with van der Waals surface area (Å²) in [5, 5.41) is 7.09. The van der Waals surface area contributed by atoms with Gasteiger partial charge >= 0.3 is 5.97 Å². The quantitative estimate of drug-likeness (QED) is 0.378. The largest absolute Gasteiger partial charge is 0.493 e. The minimum absolute atomic E-state index is 0.0751. The first kappa shape index (κ1) is 21.0. The van der Waals surface area contributed by atoms with Crippen molar-refractivity contribution in [2.45, 2.75) is 0 Å². The van der Waals surface area contributed by atoms with E-state index in [9.17, 15) is 9.59 Å². The van der Waals surface area contributed by atoms with E-state index < -0.39 is 5.97 Å². The number of carbonyl (C=O) groups excluding carboxylic acids is 2. The number of nitrogens with zero attached hydrogens (tertiary/aromatic N) is 1. The average molecular weight is 406 g/mol. The third-order valence-corrected chi connectivity index (χ3v) is 3.72. The molecule has 0 saturated carbocycles. The van der Waals surface area contributed by atoms with Crippen molar-refractivity contribution in [1.29, 1.82) is 0 Å². The van der Waals surface area contributed by atoms with Gasteiger partial charge in [0.05, 0.1) is 32.0 Å². The Kier molecular flexibility index (Phi) is 8.11. The standard InChI is InChI=1S/C19H20ClN3O5/c1-26-16-9-13(8-15(20)19(16)28-12-18(25)27-2)10-22-23-17(24)11-21-14-6-4-3-5-7-14/h3-10,21H,11-12H2,1-2H3,(H,23,24)/b22-10-. The molecule has 28 heavy (non-hydrogen) atoms. The summed E-state index contributed by atoms with van der Waals surface area (Å²) in [5.74, 6) is -0.329. The number of rotatable bonds is 9. The maximum absolute atomic E-state index is 11.8. The zero-order valence-electron chi connectivity index (χ0n) is 15.4. The molecular formula is C19H20ClN3O5. The molecule has 0 fully saturated rings. The minimum atomic E-state index is -0.546. The van der Waals surface area contributed by atoms with E-state index in [0.717, 1.165) is 5.69 Å². The Bertz CT molecular complexity index is 843. The second kappa shape index (κ2) is 10.8. The van der Waals surface area contributed by atoms with Crippen molar-refractivity contribution in [3.63, 3.8) is 0 Å². The molecule has 0 saturated heterocycles. The lowest BCUT2D eigenvalue weighted by atomic mass is 10.2. The summed E-state index contributed by atoms with van der Waals surface area (Å²) < 4.78 is 15.1. The summed E-state index contributed by atoms with van der Waals surface area (Å²) in [6.07, 6.45) is 1.42. The zero-order valence-corrected chi connectivity index (χ0v) is 16.2. The van der Waals surface area contributed by atoms with Gasteiger partial charge in [-0.2, -0.15) is 5.10 Å². The molecule has 2 rings (SSSR count). The van der Waals surface area contributed by atoms with Gasteiger partial charge in [0.15, 0.2) is 18.1 Å². The van der Waals surface area contributed by atoms with Gasteiger partial charge in [0, 0.05) is 5.69 Å². The van der Waals surface area contributed by atoms with Crippen LogP contribution in [-0.4, -0.2) is 45.5 Å². The summed E-state index contributed by atoms with van der Waals surface area (Å²) in [7, 11) is 2.70. The summed E-state index contributed by atoms with van der Waals surface area (Å²) in [5.41, 5.74) is 3.82. The second-order valence-electron chi connectivity index (χ2n) is 5.41. The SMILES string of the molecule is COC(=O)COc1c(Cl)cc(/C=N\NC(=O)CNc2ccccc2)cc1OC. The average Bonchev–Trinajstić information content (AvgIpc) is 2.71. The Morgan fingerprint density at radius 2 is 1.93 bits per heavy atom. The smallest absolute Gasteiger partial charge is 0.343 e. The molecule has 0 aromatic heterocycles. The molecule has 0 aliphatic heterocycles. The molecule has 0 aliphatic carbocycles. The maximum Gasteiger partial charge on any atom is 0.343 e. The lowest BCUT2D eigenvalue weighted by Gasteiger charge is -2.12. The highest BCUT2D eigenvalue weighted by Crippen LogP contribution is 2.36. The molecule has 8 nitrogen and oxygen atoms in total. The Morgan fingerprint density at radius 3 is 2.61 bits per heavy atom. The molecule has 2 N–H and O–H groups in total. The normalized spacial score (nSPS) is 10.4. The van der Waals surface area contributed by atoms with Crippen LogP contribution in [0.4, 0.5) is 5.69 Å². The van der Waals surface area contributed by atoms with E-state index in [2.05, 4.69) is 20.6 Å². The van der Waals surface area contributed by atoms with E-state index in [1.54, 1.807) is 12.1 Å². The summed E-state index contributed by atoms with van der Waals surface area (Å²) in [6.45, 7) is -0.226. The van der Waals surface area contributed by atoms with E-state index in [1.807, 2.05) is 30.3 Å². The van der Waals surface area contributed by atoms with Gasteiger partial charge < -0.3 is 19.5 Å². The monoisotopic (exact) mass is 405 g/mol. The molecule has 0 atom stereocenters. The highest BCUT2D eigenvalue weighted by atomic mass is 35.5. The fourth-order valence-corrected chi connectivity index (χ4v) is 2.37. The number of carbonyl (C=O) groups is 2. The fourth-order valence-electron chi connectivity index (χ4n) is 2.10. The molecule has 2 aromatic rings. The Hall–Kier alpha value is -3.26. The number of methoxy groups -OCH3 is 2. The molecule has 0 heterocycles. The molecule has 0 bridgehead atoms. The van der Waals surface area contributed by atoms with E-state index in [4.69, 9.17) is 21.1 Å². The van der Waals surface area contributed by atoms with Gasteiger partial charge in [-0.3, -0.25) is 4.79 Å². The van der Waals surface area contributed by atoms with Crippen LogP contribution in [0, 0.1) is 0 Å². The van der Waals surface area contributed by atoms with Crippen molar-refractivity contribution in [2.75, 3.05) is 32.7 Å². The second-order valence-corrected chi connectivity index (χ2v) is 5.82. The molecule has 0 radical (unpaired) electrons. The summed E-state index contributed by atoms with van der Waals surface area (Å²) >= 11 is 6.18. The maximum atomic E-state index is 11.8. The highest BCUT2D eigenvalue weighted by Gasteiger charge is 2.13. The molecule has 0 spiro atoms. The number of hydrogen-bond donors (Lipinski definition) is 2. The van der Waals surface area contributed by atoms with Gasteiger partial charge in [-0.15, -0.1) is 0 Å². The lowest BCUT2D eigenvalue weighted by Crippen LogP contribution is -2.25. The van der Waals surface area contributed by atoms with Crippen LogP contribution in [0.1, 0.15) is 5.56 Å². The minimum Gasteiger partial charge on any atom is -0.493 e. The first-order valence-electron chi connectivity index (χ1n) is 8.21. The summed E-state index contributed by atoms with van der Waals surface area (Å²) in [6, 6.07) is 12.5. The number of halogens is 1. The van der Waals surface area contributed by atoms with Crippen LogP contribution in [-0.2, 0) is 14.3 Å². The van der Waals surface area contributed by atoms with Gasteiger partial charge in [-0.05, 0) is 29.8 Å². The molecule has 1 amide bonds. The van der Waals surface area contributed by atoms with E-state index in [-0.39, 0.29) is 29.8 Å². The van der Waals surface area contributed by atoms with E-state index >= 15 is 0 Å². The number of ether oxygens (including phenoxy) is 3. The third-order valence-electron chi connectivity index (χ3n) is 3.44. The van der Waals surface area contributed by atoms with Crippen molar-refractivity contribution < 1.29 is 23.8 Å². The molecule has 2 aromatic carbocycles. The van der Waals surface area contributed by atoms with Crippen LogP contribution in [0.25, 0.3) is 0 Å². The number of esters is 1.